The van der Waals surface area contributed by atoms with E-state index in [-0.39, 0.29) is 11.8 Å². The molecule has 2 aliphatic heterocycles. The first-order valence-electron chi connectivity index (χ1n) is 10.5. The highest BCUT2D eigenvalue weighted by atomic mass is 16.2. The van der Waals surface area contributed by atoms with Crippen molar-refractivity contribution in [2.75, 3.05) is 39.3 Å². The molecule has 2 amide bonds. The summed E-state index contributed by atoms with van der Waals surface area (Å²) in [6.07, 6.45) is 6.42. The van der Waals surface area contributed by atoms with Gasteiger partial charge in [0.05, 0.1) is 11.1 Å². The predicted molar refractivity (Wildman–Crippen MR) is 112 cm³/mol. The van der Waals surface area contributed by atoms with E-state index in [4.69, 9.17) is 0 Å². The maximum Gasteiger partial charge on any atom is 0.255 e. The topological polar surface area (TPSA) is 56.8 Å². The number of carbonyl (C=O) groups excluding carboxylic acids is 2. The molecule has 1 aromatic heterocycles. The molecule has 0 unspecified atom stereocenters. The molecule has 1 aromatic carbocycles. The Hall–Kier alpha value is -2.73. The SMILES string of the molecule is O=C(c1cncc(C(=O)N2CCN(Cc3ccccc3)CC2)c1)N1CCCCC1. The first kappa shape index (κ1) is 19.6. The molecule has 29 heavy (non-hydrogen) atoms. The molecule has 2 saturated heterocycles. The van der Waals surface area contributed by atoms with Crippen LogP contribution in [0.15, 0.2) is 48.8 Å². The minimum absolute atomic E-state index is 0.0143. The molecule has 152 valence electrons. The second kappa shape index (κ2) is 9.18. The van der Waals surface area contributed by atoms with Gasteiger partial charge in [-0.25, -0.2) is 0 Å². The van der Waals surface area contributed by atoms with Crippen molar-refractivity contribution < 1.29 is 9.59 Å². The third-order valence-corrected chi connectivity index (χ3v) is 5.78. The molecule has 0 N–H and O–H groups in total. The summed E-state index contributed by atoms with van der Waals surface area (Å²) in [5.74, 6) is -0.0512. The van der Waals surface area contributed by atoms with E-state index in [0.717, 1.165) is 45.6 Å². The Labute approximate surface area is 172 Å². The second-order valence-corrected chi connectivity index (χ2v) is 7.87. The van der Waals surface area contributed by atoms with Crippen LogP contribution in [-0.4, -0.2) is 70.8 Å². The smallest absolute Gasteiger partial charge is 0.255 e. The van der Waals surface area contributed by atoms with E-state index >= 15 is 0 Å². The highest BCUT2D eigenvalue weighted by molar-refractivity contribution is 5.99. The van der Waals surface area contributed by atoms with Crippen molar-refractivity contribution in [1.82, 2.24) is 19.7 Å². The number of pyridine rings is 1. The van der Waals surface area contributed by atoms with Gasteiger partial charge in [0.2, 0.25) is 0 Å². The van der Waals surface area contributed by atoms with Crippen LogP contribution in [-0.2, 0) is 6.54 Å². The van der Waals surface area contributed by atoms with E-state index in [1.54, 1.807) is 18.5 Å². The largest absolute Gasteiger partial charge is 0.339 e. The number of hydrogen-bond donors (Lipinski definition) is 0. The molecule has 0 aliphatic carbocycles. The number of amides is 2. The molecular weight excluding hydrogens is 364 g/mol. The lowest BCUT2D eigenvalue weighted by Gasteiger charge is -2.34. The van der Waals surface area contributed by atoms with Crippen LogP contribution in [0, 0.1) is 0 Å². The maximum atomic E-state index is 13.0. The van der Waals surface area contributed by atoms with E-state index in [9.17, 15) is 9.59 Å². The fourth-order valence-electron chi connectivity index (χ4n) is 4.09. The monoisotopic (exact) mass is 392 g/mol. The van der Waals surface area contributed by atoms with Gasteiger partial charge in [-0.05, 0) is 30.9 Å². The number of hydrogen-bond acceptors (Lipinski definition) is 4. The molecular formula is C23H28N4O2. The van der Waals surface area contributed by atoms with Gasteiger partial charge < -0.3 is 9.80 Å². The highest BCUT2D eigenvalue weighted by Crippen LogP contribution is 2.16. The van der Waals surface area contributed by atoms with Crippen molar-refractivity contribution in [2.24, 2.45) is 0 Å². The van der Waals surface area contributed by atoms with Crippen LogP contribution in [0.3, 0.4) is 0 Å². The first-order valence-corrected chi connectivity index (χ1v) is 10.5. The standard InChI is InChI=1S/C23H28N4O2/c28-22(26-9-5-2-6-10-26)20-15-21(17-24-16-20)23(29)27-13-11-25(12-14-27)18-19-7-3-1-4-8-19/h1,3-4,7-8,15-17H,2,5-6,9-14,18H2. The summed E-state index contributed by atoms with van der Waals surface area (Å²) in [5, 5.41) is 0. The lowest BCUT2D eigenvalue weighted by molar-refractivity contribution is 0.0628. The van der Waals surface area contributed by atoms with Crippen LogP contribution in [0.25, 0.3) is 0 Å². The normalized spacial score (nSPS) is 17.9. The molecule has 0 spiro atoms. The molecule has 2 fully saturated rings. The molecule has 0 radical (unpaired) electrons. The molecule has 2 aliphatic rings. The van der Waals surface area contributed by atoms with E-state index in [1.807, 2.05) is 15.9 Å². The molecule has 6 heteroatoms. The van der Waals surface area contributed by atoms with Crippen LogP contribution in [0.2, 0.25) is 0 Å². The van der Waals surface area contributed by atoms with Gasteiger partial charge in [0.25, 0.3) is 11.8 Å². The van der Waals surface area contributed by atoms with Gasteiger partial charge in [-0.15, -0.1) is 0 Å². The summed E-state index contributed by atoms with van der Waals surface area (Å²) in [6, 6.07) is 12.1. The third kappa shape index (κ3) is 4.82. The zero-order valence-corrected chi connectivity index (χ0v) is 16.8. The number of rotatable bonds is 4. The molecule has 0 saturated carbocycles. The number of aromatic nitrogens is 1. The summed E-state index contributed by atoms with van der Waals surface area (Å²) in [6.45, 7) is 5.57. The average molecular weight is 393 g/mol. The van der Waals surface area contributed by atoms with Gasteiger partial charge >= 0.3 is 0 Å². The Kier molecular flexibility index (Phi) is 6.20. The summed E-state index contributed by atoms with van der Waals surface area (Å²) < 4.78 is 0. The van der Waals surface area contributed by atoms with Gasteiger partial charge in [0, 0.05) is 58.2 Å². The number of carbonyl (C=O) groups is 2. The molecule has 3 heterocycles. The Morgan fingerprint density at radius 2 is 1.34 bits per heavy atom. The first-order chi connectivity index (χ1) is 14.2. The van der Waals surface area contributed by atoms with Crippen LogP contribution in [0.4, 0.5) is 0 Å². The van der Waals surface area contributed by atoms with Crippen LogP contribution < -0.4 is 0 Å². The van der Waals surface area contributed by atoms with Crippen molar-refractivity contribution in [1.29, 1.82) is 0 Å². The number of benzene rings is 1. The Bertz CT molecular complexity index is 841. The van der Waals surface area contributed by atoms with E-state index in [2.05, 4.69) is 34.1 Å². The van der Waals surface area contributed by atoms with E-state index < -0.39 is 0 Å². The fourth-order valence-corrected chi connectivity index (χ4v) is 4.09. The zero-order valence-electron chi connectivity index (χ0n) is 16.8. The van der Waals surface area contributed by atoms with Crippen molar-refractivity contribution >= 4 is 11.8 Å². The highest BCUT2D eigenvalue weighted by Gasteiger charge is 2.24. The third-order valence-electron chi connectivity index (χ3n) is 5.78. The molecule has 0 atom stereocenters. The quantitative estimate of drug-likeness (QED) is 0.803. The fraction of sp³-hybridized carbons (Fsp3) is 0.435. The molecule has 2 aromatic rings. The van der Waals surface area contributed by atoms with E-state index in [1.165, 1.54) is 12.0 Å². The van der Waals surface area contributed by atoms with Gasteiger partial charge in [-0.1, -0.05) is 30.3 Å². The van der Waals surface area contributed by atoms with Gasteiger partial charge in [0.15, 0.2) is 0 Å². The summed E-state index contributed by atoms with van der Waals surface area (Å²) in [5.41, 5.74) is 2.31. The lowest BCUT2D eigenvalue weighted by Crippen LogP contribution is -2.48. The summed E-state index contributed by atoms with van der Waals surface area (Å²) >= 11 is 0. The van der Waals surface area contributed by atoms with Crippen molar-refractivity contribution in [3.8, 4) is 0 Å². The minimum Gasteiger partial charge on any atom is -0.339 e. The molecule has 0 bridgehead atoms. The molecule has 6 nitrogen and oxygen atoms in total. The number of piperazine rings is 1. The predicted octanol–water partition coefficient (Wildman–Crippen LogP) is 2.67. The van der Waals surface area contributed by atoms with Crippen LogP contribution >= 0.6 is 0 Å². The maximum absolute atomic E-state index is 13.0. The minimum atomic E-state index is -0.0369. The van der Waals surface area contributed by atoms with Crippen LogP contribution in [0.5, 0.6) is 0 Å². The van der Waals surface area contributed by atoms with Crippen molar-refractivity contribution in [2.45, 2.75) is 25.8 Å². The number of likely N-dealkylation sites (tertiary alicyclic amines) is 1. The lowest BCUT2D eigenvalue weighted by atomic mass is 10.1. The summed E-state index contributed by atoms with van der Waals surface area (Å²) in [4.78, 5) is 36.0. The Balaban J connectivity index is 1.35. The Morgan fingerprint density at radius 1 is 0.759 bits per heavy atom. The van der Waals surface area contributed by atoms with Crippen molar-refractivity contribution in [3.05, 3.63) is 65.5 Å². The average Bonchev–Trinajstić information content (AvgIpc) is 2.80. The summed E-state index contributed by atoms with van der Waals surface area (Å²) in [7, 11) is 0. The van der Waals surface area contributed by atoms with E-state index in [0.29, 0.717) is 24.2 Å². The van der Waals surface area contributed by atoms with Gasteiger partial charge in [0.1, 0.15) is 0 Å². The van der Waals surface area contributed by atoms with Gasteiger partial charge in [-0.3, -0.25) is 19.5 Å². The van der Waals surface area contributed by atoms with Crippen molar-refractivity contribution in [3.63, 3.8) is 0 Å². The Morgan fingerprint density at radius 3 is 1.97 bits per heavy atom. The second-order valence-electron chi connectivity index (χ2n) is 7.87. The zero-order chi connectivity index (χ0) is 20.1. The van der Waals surface area contributed by atoms with Crippen LogP contribution in [0.1, 0.15) is 45.5 Å². The molecule has 4 rings (SSSR count). The van der Waals surface area contributed by atoms with Gasteiger partial charge in [-0.2, -0.15) is 0 Å². The number of piperidine rings is 1. The number of nitrogens with zero attached hydrogens (tertiary/aromatic N) is 4.